The third kappa shape index (κ3) is 4.35. The van der Waals surface area contributed by atoms with E-state index in [9.17, 15) is 18.0 Å². The van der Waals surface area contributed by atoms with E-state index >= 15 is 0 Å². The van der Waals surface area contributed by atoms with Crippen molar-refractivity contribution in [2.45, 2.75) is 38.2 Å². The summed E-state index contributed by atoms with van der Waals surface area (Å²) in [5.74, 6) is -0.815. The smallest absolute Gasteiger partial charge is 0.417 e. The predicted molar refractivity (Wildman–Crippen MR) is 85.5 cm³/mol. The van der Waals surface area contributed by atoms with Gasteiger partial charge in [0, 0.05) is 6.08 Å². The van der Waals surface area contributed by atoms with Gasteiger partial charge in [-0.3, -0.25) is 4.79 Å². The van der Waals surface area contributed by atoms with Crippen LogP contribution in [0.3, 0.4) is 0 Å². The highest BCUT2D eigenvalue weighted by Crippen LogP contribution is 2.22. The Hall–Kier alpha value is -2.35. The molecule has 0 atom stereocenters. The van der Waals surface area contributed by atoms with Crippen molar-refractivity contribution in [3.05, 3.63) is 41.7 Å². The maximum atomic E-state index is 12.2. The largest absolute Gasteiger partial charge is 0.443 e. The van der Waals surface area contributed by atoms with Crippen LogP contribution in [-0.2, 0) is 23.8 Å². The van der Waals surface area contributed by atoms with Gasteiger partial charge in [0.15, 0.2) is 0 Å². The fourth-order valence-corrected chi connectivity index (χ4v) is 2.86. The molecule has 2 amide bonds. The molecule has 1 aromatic rings. The Morgan fingerprint density at radius 1 is 1.17 bits per heavy atom. The van der Waals surface area contributed by atoms with Gasteiger partial charge in [-0.05, 0) is 39.8 Å². The third-order valence-electron chi connectivity index (χ3n) is 3.00. The van der Waals surface area contributed by atoms with E-state index in [0.717, 1.165) is 16.5 Å². The SMILES string of the molecule is Cc1ccc(S(=O)(=O)OC2=CC(=O)N(C(=O)OC(C)(C)C)C2)cc1. The Morgan fingerprint density at radius 2 is 1.75 bits per heavy atom. The standard InChI is InChI=1S/C16H19NO6S/c1-11-5-7-13(8-6-11)24(20,21)23-12-9-14(18)17(10-12)15(19)22-16(2,3)4/h5-9H,10H2,1-4H3. The van der Waals surface area contributed by atoms with Crippen molar-refractivity contribution < 1.29 is 26.9 Å². The Kier molecular flexibility index (Phi) is 4.70. The Bertz CT molecular complexity index is 787. The maximum absolute atomic E-state index is 12.2. The first-order valence-electron chi connectivity index (χ1n) is 7.24. The summed E-state index contributed by atoms with van der Waals surface area (Å²) in [6.07, 6.45) is 0.116. The minimum absolute atomic E-state index is 0.0304. The number of hydrogen-bond acceptors (Lipinski definition) is 6. The minimum atomic E-state index is -4.07. The molecular weight excluding hydrogens is 334 g/mol. The number of amides is 2. The summed E-state index contributed by atoms with van der Waals surface area (Å²) in [4.78, 5) is 24.5. The van der Waals surface area contributed by atoms with Crippen LogP contribution in [-0.4, -0.2) is 37.5 Å². The molecule has 0 unspecified atom stereocenters. The highest BCUT2D eigenvalue weighted by molar-refractivity contribution is 7.86. The molecule has 0 fully saturated rings. The molecule has 0 aliphatic carbocycles. The topological polar surface area (TPSA) is 90.0 Å². The highest BCUT2D eigenvalue weighted by Gasteiger charge is 2.34. The molecule has 0 aromatic heterocycles. The van der Waals surface area contributed by atoms with Gasteiger partial charge in [0.1, 0.15) is 16.3 Å². The van der Waals surface area contributed by atoms with Gasteiger partial charge in [-0.1, -0.05) is 17.7 Å². The van der Waals surface area contributed by atoms with Crippen LogP contribution in [0.4, 0.5) is 4.79 Å². The van der Waals surface area contributed by atoms with Crippen LogP contribution < -0.4 is 0 Å². The molecule has 130 valence electrons. The number of aryl methyl sites for hydroxylation is 1. The lowest BCUT2D eigenvalue weighted by atomic mass is 10.2. The van der Waals surface area contributed by atoms with E-state index in [-0.39, 0.29) is 17.2 Å². The van der Waals surface area contributed by atoms with Gasteiger partial charge in [0.2, 0.25) is 0 Å². The summed E-state index contributed by atoms with van der Waals surface area (Å²) < 4.78 is 34.5. The molecule has 24 heavy (non-hydrogen) atoms. The van der Waals surface area contributed by atoms with Gasteiger partial charge < -0.3 is 8.92 Å². The van der Waals surface area contributed by atoms with Crippen LogP contribution in [0.25, 0.3) is 0 Å². The van der Waals surface area contributed by atoms with E-state index in [0.29, 0.717) is 0 Å². The molecule has 1 aliphatic heterocycles. The molecule has 2 rings (SSSR count). The van der Waals surface area contributed by atoms with Crippen LogP contribution in [0.2, 0.25) is 0 Å². The van der Waals surface area contributed by atoms with E-state index in [4.69, 9.17) is 8.92 Å². The molecular formula is C16H19NO6S. The van der Waals surface area contributed by atoms with E-state index in [1.54, 1.807) is 32.9 Å². The van der Waals surface area contributed by atoms with Crippen molar-refractivity contribution in [3.63, 3.8) is 0 Å². The van der Waals surface area contributed by atoms with Crippen molar-refractivity contribution in [3.8, 4) is 0 Å². The number of rotatable bonds is 3. The number of nitrogens with zero attached hydrogens (tertiary/aromatic N) is 1. The lowest BCUT2D eigenvalue weighted by Gasteiger charge is -2.23. The second kappa shape index (κ2) is 6.27. The molecule has 1 heterocycles. The number of imide groups is 1. The van der Waals surface area contributed by atoms with Crippen molar-refractivity contribution in [1.29, 1.82) is 0 Å². The van der Waals surface area contributed by atoms with Gasteiger partial charge in [-0.15, -0.1) is 0 Å². The van der Waals surface area contributed by atoms with Crippen LogP contribution in [0, 0.1) is 6.92 Å². The van der Waals surface area contributed by atoms with Crippen LogP contribution in [0.15, 0.2) is 41.0 Å². The normalized spacial score (nSPS) is 15.2. The molecule has 0 spiro atoms. The van der Waals surface area contributed by atoms with Crippen molar-refractivity contribution in [2.24, 2.45) is 0 Å². The van der Waals surface area contributed by atoms with Gasteiger partial charge in [0.25, 0.3) is 5.91 Å². The second-order valence-electron chi connectivity index (χ2n) is 6.37. The molecule has 1 aromatic carbocycles. The summed E-state index contributed by atoms with van der Waals surface area (Å²) in [7, 11) is -4.07. The Labute approximate surface area is 141 Å². The summed E-state index contributed by atoms with van der Waals surface area (Å²) in [5, 5.41) is 0. The van der Waals surface area contributed by atoms with Crippen LogP contribution >= 0.6 is 0 Å². The molecule has 0 saturated heterocycles. The molecule has 0 bridgehead atoms. The average molecular weight is 353 g/mol. The number of benzene rings is 1. The van der Waals surface area contributed by atoms with Gasteiger partial charge in [-0.2, -0.15) is 8.42 Å². The number of ether oxygens (including phenoxy) is 1. The average Bonchev–Trinajstić information content (AvgIpc) is 2.77. The number of hydrogen-bond donors (Lipinski definition) is 0. The summed E-state index contributed by atoms with van der Waals surface area (Å²) in [5.41, 5.74) is 0.134. The summed E-state index contributed by atoms with van der Waals surface area (Å²) in [6.45, 7) is 6.53. The van der Waals surface area contributed by atoms with E-state index in [1.807, 2.05) is 6.92 Å². The molecule has 8 heteroatoms. The van der Waals surface area contributed by atoms with E-state index < -0.39 is 27.7 Å². The molecule has 1 aliphatic rings. The predicted octanol–water partition coefficient (Wildman–Crippen LogP) is 2.36. The highest BCUT2D eigenvalue weighted by atomic mass is 32.2. The lowest BCUT2D eigenvalue weighted by Crippen LogP contribution is -2.38. The second-order valence-corrected chi connectivity index (χ2v) is 7.91. The van der Waals surface area contributed by atoms with Crippen molar-refractivity contribution in [2.75, 3.05) is 6.54 Å². The zero-order valence-corrected chi connectivity index (χ0v) is 14.7. The Morgan fingerprint density at radius 3 is 2.29 bits per heavy atom. The number of carbonyl (C=O) groups excluding carboxylic acids is 2. The number of carbonyl (C=O) groups is 2. The van der Waals surface area contributed by atoms with Crippen LogP contribution in [0.1, 0.15) is 26.3 Å². The van der Waals surface area contributed by atoms with Gasteiger partial charge in [-0.25, -0.2) is 9.69 Å². The molecule has 7 nitrogen and oxygen atoms in total. The lowest BCUT2D eigenvalue weighted by molar-refractivity contribution is -0.123. The molecule has 0 N–H and O–H groups in total. The fraction of sp³-hybridized carbons (Fsp3) is 0.375. The monoisotopic (exact) mass is 353 g/mol. The zero-order valence-electron chi connectivity index (χ0n) is 13.9. The van der Waals surface area contributed by atoms with E-state index in [2.05, 4.69) is 0 Å². The quantitative estimate of drug-likeness (QED) is 0.775. The molecule has 0 saturated carbocycles. The third-order valence-corrected chi connectivity index (χ3v) is 4.29. The zero-order chi connectivity index (χ0) is 18.1. The van der Waals surface area contributed by atoms with Crippen molar-refractivity contribution in [1.82, 2.24) is 4.90 Å². The summed E-state index contributed by atoms with van der Waals surface area (Å²) >= 11 is 0. The van der Waals surface area contributed by atoms with Crippen LogP contribution in [0.5, 0.6) is 0 Å². The first-order chi connectivity index (χ1) is 11.0. The van der Waals surface area contributed by atoms with E-state index in [1.165, 1.54) is 12.1 Å². The van der Waals surface area contributed by atoms with Gasteiger partial charge >= 0.3 is 16.2 Å². The first kappa shape index (κ1) is 18.0. The molecule has 0 radical (unpaired) electrons. The first-order valence-corrected chi connectivity index (χ1v) is 8.65. The Balaban J connectivity index is 2.09. The fourth-order valence-electron chi connectivity index (χ4n) is 1.91. The summed E-state index contributed by atoms with van der Waals surface area (Å²) in [6, 6.07) is 6.09. The van der Waals surface area contributed by atoms with Crippen molar-refractivity contribution >= 4 is 22.1 Å². The minimum Gasteiger partial charge on any atom is -0.443 e. The maximum Gasteiger partial charge on any atom is 0.417 e. The van der Waals surface area contributed by atoms with Gasteiger partial charge in [0.05, 0.1) is 6.54 Å².